The highest BCUT2D eigenvalue weighted by atomic mass is 35.5. The average molecular weight is 153 g/mol. The lowest BCUT2D eigenvalue weighted by molar-refractivity contribution is -0.140. The lowest BCUT2D eigenvalue weighted by atomic mass is 10.7. The van der Waals surface area contributed by atoms with Crippen molar-refractivity contribution in [1.29, 1.82) is 0 Å². The Labute approximate surface area is 56.7 Å². The van der Waals surface area contributed by atoms with E-state index < -0.39 is 11.4 Å². The van der Waals surface area contributed by atoms with Crippen molar-refractivity contribution in [2.24, 2.45) is 0 Å². The van der Waals surface area contributed by atoms with Gasteiger partial charge < -0.3 is 9.47 Å². The number of hydrogen-bond acceptors (Lipinski definition) is 4. The number of halogens is 1. The van der Waals surface area contributed by atoms with E-state index in [4.69, 9.17) is 0 Å². The number of ether oxygens (including phenoxy) is 2. The van der Waals surface area contributed by atoms with Gasteiger partial charge in [-0.1, -0.05) is 0 Å². The van der Waals surface area contributed by atoms with Gasteiger partial charge in [-0.25, -0.2) is 9.59 Å². The molecule has 0 unspecified atom stereocenters. The van der Waals surface area contributed by atoms with Crippen molar-refractivity contribution in [3.8, 4) is 0 Å². The summed E-state index contributed by atoms with van der Waals surface area (Å²) in [6.45, 7) is -0.265. The van der Waals surface area contributed by atoms with Crippen LogP contribution in [0.3, 0.4) is 0 Å². The van der Waals surface area contributed by atoms with Crippen LogP contribution in [-0.2, 0) is 14.3 Å². The first-order valence-corrected chi connectivity index (χ1v) is 2.43. The minimum atomic E-state index is -1.14. The highest BCUT2D eigenvalue weighted by molar-refractivity contribution is 6.61. The molecule has 0 amide bonds. The molecule has 0 rings (SSSR count). The van der Waals surface area contributed by atoms with Crippen LogP contribution < -0.4 is 0 Å². The first-order chi connectivity index (χ1) is 4.16. The number of carbonyl (C=O) groups excluding carboxylic acids is 2. The van der Waals surface area contributed by atoms with E-state index in [-0.39, 0.29) is 6.61 Å². The third-order valence-electron chi connectivity index (χ3n) is 0.456. The molecule has 0 saturated heterocycles. The topological polar surface area (TPSA) is 52.6 Å². The zero-order valence-electron chi connectivity index (χ0n) is 4.72. The summed E-state index contributed by atoms with van der Waals surface area (Å²) in [7, 11) is 1.31. The van der Waals surface area contributed by atoms with Gasteiger partial charge in [-0.2, -0.15) is 0 Å². The normalized spacial score (nSPS) is 8.67. The molecule has 0 atom stereocenters. The van der Waals surface area contributed by atoms with Crippen LogP contribution in [0.15, 0.2) is 0 Å². The summed E-state index contributed by atoms with van der Waals surface area (Å²) in [6, 6.07) is 0. The largest absolute Gasteiger partial charge is 0.411 e. The molecule has 0 heterocycles. The molecule has 0 aliphatic carbocycles. The molecule has 0 aliphatic heterocycles. The Morgan fingerprint density at radius 1 is 1.56 bits per heavy atom. The maximum absolute atomic E-state index is 10.2. The van der Waals surface area contributed by atoms with Gasteiger partial charge in [0.2, 0.25) is 0 Å². The second kappa shape index (κ2) is 4.29. The Morgan fingerprint density at radius 3 is 2.44 bits per heavy atom. The maximum Gasteiger partial charge on any atom is 0.411 e. The summed E-state index contributed by atoms with van der Waals surface area (Å²) in [5, 5.41) is 0. The quantitative estimate of drug-likeness (QED) is 0.329. The Kier molecular flexibility index (Phi) is 4.00. The first kappa shape index (κ1) is 8.39. The summed E-state index contributed by atoms with van der Waals surface area (Å²) in [5.74, 6) is -0.794. The lowest BCUT2D eigenvalue weighted by Crippen LogP contribution is -2.11. The zero-order chi connectivity index (χ0) is 7.28. The number of carbonyl (C=O) groups is 2. The number of hydrogen-bond donors (Lipinski definition) is 0. The Morgan fingerprint density at radius 2 is 2.11 bits per heavy atom. The van der Waals surface area contributed by atoms with Crippen LogP contribution in [0.5, 0.6) is 0 Å². The number of esters is 1. The molecular formula is C4H5ClO4. The van der Waals surface area contributed by atoms with E-state index in [2.05, 4.69) is 21.1 Å². The molecule has 0 spiro atoms. The Balaban J connectivity index is 3.39. The van der Waals surface area contributed by atoms with E-state index in [0.717, 1.165) is 0 Å². The Bertz CT molecular complexity index is 122. The Hall–Kier alpha value is -0.610. The van der Waals surface area contributed by atoms with Gasteiger partial charge in [0.1, 0.15) is 6.61 Å². The third-order valence-corrected chi connectivity index (χ3v) is 0.533. The zero-order valence-corrected chi connectivity index (χ0v) is 5.47. The van der Waals surface area contributed by atoms with Gasteiger partial charge in [-0.05, 0) is 0 Å². The summed E-state index contributed by atoms with van der Waals surface area (Å²) < 4.78 is 8.17. The van der Waals surface area contributed by atoms with Gasteiger partial charge >= 0.3 is 11.4 Å². The molecule has 0 aliphatic rings. The molecule has 5 heteroatoms. The van der Waals surface area contributed by atoms with Crippen LogP contribution in [0.1, 0.15) is 0 Å². The van der Waals surface area contributed by atoms with Gasteiger partial charge in [0.15, 0.2) is 0 Å². The van der Waals surface area contributed by atoms with E-state index >= 15 is 0 Å². The molecule has 0 radical (unpaired) electrons. The SMILES string of the molecule is COCC(=O)OC(=O)Cl. The van der Waals surface area contributed by atoms with E-state index in [1.165, 1.54) is 7.11 Å². The van der Waals surface area contributed by atoms with Crippen LogP contribution in [0, 0.1) is 0 Å². The standard InChI is InChI=1S/C4H5ClO4/c1-8-2-3(6)9-4(5)7/h2H2,1H3. The van der Waals surface area contributed by atoms with Crippen LogP contribution >= 0.6 is 11.6 Å². The van der Waals surface area contributed by atoms with Crippen molar-refractivity contribution in [2.75, 3.05) is 13.7 Å². The second-order valence-corrected chi connectivity index (χ2v) is 1.45. The molecule has 4 nitrogen and oxygen atoms in total. The molecule has 0 saturated carbocycles. The average Bonchev–Trinajstić information content (AvgIpc) is 1.63. The molecule has 9 heavy (non-hydrogen) atoms. The summed E-state index contributed by atoms with van der Waals surface area (Å²) in [6.07, 6.45) is 0. The fraction of sp³-hybridized carbons (Fsp3) is 0.500. The molecule has 0 fully saturated rings. The molecule has 0 aromatic rings. The minimum absolute atomic E-state index is 0.265. The van der Waals surface area contributed by atoms with E-state index in [9.17, 15) is 9.59 Å². The van der Waals surface area contributed by atoms with Crippen LogP contribution in [0.25, 0.3) is 0 Å². The predicted octanol–water partition coefficient (Wildman–Crippen LogP) is 0.535. The number of methoxy groups -OCH3 is 1. The number of rotatable bonds is 2. The van der Waals surface area contributed by atoms with E-state index in [0.29, 0.717) is 0 Å². The third kappa shape index (κ3) is 5.26. The lowest BCUT2D eigenvalue weighted by Gasteiger charge is -1.94. The van der Waals surface area contributed by atoms with Crippen LogP contribution in [0.4, 0.5) is 4.79 Å². The highest BCUT2D eigenvalue weighted by Crippen LogP contribution is 1.87. The highest BCUT2D eigenvalue weighted by Gasteiger charge is 2.04. The van der Waals surface area contributed by atoms with Gasteiger partial charge in [-0.3, -0.25) is 0 Å². The summed E-state index contributed by atoms with van der Waals surface area (Å²) in [4.78, 5) is 20.0. The maximum atomic E-state index is 10.2. The smallest absolute Gasteiger partial charge is 0.379 e. The van der Waals surface area contributed by atoms with Crippen molar-refractivity contribution in [1.82, 2.24) is 0 Å². The summed E-state index contributed by atoms with van der Waals surface area (Å²) in [5.41, 5.74) is -1.14. The molecule has 0 aromatic carbocycles. The van der Waals surface area contributed by atoms with E-state index in [1.807, 2.05) is 0 Å². The van der Waals surface area contributed by atoms with Crippen molar-refractivity contribution >= 4 is 23.0 Å². The molecule has 0 aromatic heterocycles. The van der Waals surface area contributed by atoms with E-state index in [1.54, 1.807) is 0 Å². The van der Waals surface area contributed by atoms with Gasteiger partial charge in [0, 0.05) is 18.7 Å². The fourth-order valence-electron chi connectivity index (χ4n) is 0.237. The molecule has 0 N–H and O–H groups in total. The van der Waals surface area contributed by atoms with Crippen molar-refractivity contribution in [3.05, 3.63) is 0 Å². The van der Waals surface area contributed by atoms with Gasteiger partial charge in [0.25, 0.3) is 0 Å². The van der Waals surface area contributed by atoms with Gasteiger partial charge in [0.05, 0.1) is 0 Å². The molecular weight excluding hydrogens is 147 g/mol. The molecule has 0 bridgehead atoms. The van der Waals surface area contributed by atoms with Crippen molar-refractivity contribution < 1.29 is 19.1 Å². The van der Waals surface area contributed by atoms with Gasteiger partial charge in [-0.15, -0.1) is 0 Å². The fourth-order valence-corrected chi connectivity index (χ4v) is 0.323. The second-order valence-electron chi connectivity index (χ2n) is 1.14. The van der Waals surface area contributed by atoms with Crippen molar-refractivity contribution in [3.63, 3.8) is 0 Å². The summed E-state index contributed by atoms with van der Waals surface area (Å²) >= 11 is 4.67. The monoisotopic (exact) mass is 152 g/mol. The van der Waals surface area contributed by atoms with Crippen molar-refractivity contribution in [2.45, 2.75) is 0 Å². The first-order valence-electron chi connectivity index (χ1n) is 2.06. The van der Waals surface area contributed by atoms with Crippen LogP contribution in [-0.4, -0.2) is 25.1 Å². The van der Waals surface area contributed by atoms with Crippen LogP contribution in [0.2, 0.25) is 0 Å². The minimum Gasteiger partial charge on any atom is -0.379 e. The predicted molar refractivity (Wildman–Crippen MR) is 29.2 cm³/mol. The molecule has 52 valence electrons.